The molecule has 22 heavy (non-hydrogen) atoms. The van der Waals surface area contributed by atoms with Crippen molar-refractivity contribution < 1.29 is 4.39 Å². The molecule has 0 fully saturated rings. The van der Waals surface area contributed by atoms with E-state index < -0.39 is 6.17 Å². The molecule has 0 aliphatic carbocycles. The summed E-state index contributed by atoms with van der Waals surface area (Å²) in [6.45, 7) is 31.3. The van der Waals surface area contributed by atoms with Gasteiger partial charge in [-0.1, -0.05) is 96.4 Å². The van der Waals surface area contributed by atoms with E-state index in [9.17, 15) is 4.39 Å². The van der Waals surface area contributed by atoms with Gasteiger partial charge in [0.05, 0.1) is 6.17 Å². The van der Waals surface area contributed by atoms with Crippen LogP contribution in [-0.2, 0) is 0 Å². The fourth-order valence-electron chi connectivity index (χ4n) is 0. The van der Waals surface area contributed by atoms with Gasteiger partial charge >= 0.3 is 0 Å². The van der Waals surface area contributed by atoms with Crippen molar-refractivity contribution in [3.63, 3.8) is 0 Å². The Morgan fingerprint density at radius 1 is 0.727 bits per heavy atom. The maximum Gasteiger partial charge on any atom is 0.0945 e. The molecular weight excluding hydrogens is 271 g/mol. The molecule has 0 heterocycles. The highest BCUT2D eigenvalue weighted by atomic mass is 19.1. The smallest absolute Gasteiger partial charge is 0.0945 e. The van der Waals surface area contributed by atoms with Crippen molar-refractivity contribution in [2.24, 2.45) is 5.92 Å². The number of terminal acetylenes is 1. The van der Waals surface area contributed by atoms with Gasteiger partial charge in [0.15, 0.2) is 0 Å². The lowest BCUT2D eigenvalue weighted by Crippen LogP contribution is -1.77. The highest BCUT2D eigenvalue weighted by Gasteiger charge is 1.80. The Hall–Kier alpha value is -0.510. The van der Waals surface area contributed by atoms with Gasteiger partial charge in [0.1, 0.15) is 0 Å². The van der Waals surface area contributed by atoms with Crippen molar-refractivity contribution in [2.45, 2.75) is 123 Å². The second-order valence-electron chi connectivity index (χ2n) is 3.10. The Labute approximate surface area is 146 Å². The molecule has 144 valence electrons. The van der Waals surface area contributed by atoms with Crippen LogP contribution in [0.2, 0.25) is 0 Å². The van der Waals surface area contributed by atoms with Crippen LogP contribution >= 0.6 is 0 Å². The topological polar surface area (TPSA) is 0 Å². The Bertz CT molecular complexity index is 85.8. The van der Waals surface area contributed by atoms with Crippen LogP contribution in [0.3, 0.4) is 0 Å². The maximum absolute atomic E-state index is 11.0. The van der Waals surface area contributed by atoms with Crippen LogP contribution in [0.1, 0.15) is 117 Å². The number of halogens is 1. The van der Waals surface area contributed by atoms with Crippen LogP contribution in [0.5, 0.6) is 0 Å². The number of rotatable bonds is 1. The van der Waals surface area contributed by atoms with E-state index in [-0.39, 0.29) is 0 Å². The first-order valence-corrected chi connectivity index (χ1v) is 9.43. The first-order chi connectivity index (χ1) is 10.4. The summed E-state index contributed by atoms with van der Waals surface area (Å²) >= 11 is 0. The third-order valence-electron chi connectivity index (χ3n) is 0.816. The van der Waals surface area contributed by atoms with Crippen molar-refractivity contribution in [3.05, 3.63) is 0 Å². The molecule has 1 heteroatoms. The van der Waals surface area contributed by atoms with Crippen LogP contribution in [0, 0.1) is 18.3 Å². The van der Waals surface area contributed by atoms with E-state index in [1.807, 2.05) is 69.2 Å². The number of alkyl halides is 1. The van der Waals surface area contributed by atoms with Crippen molar-refractivity contribution in [1.29, 1.82) is 0 Å². The molecule has 0 aromatic carbocycles. The van der Waals surface area contributed by atoms with Gasteiger partial charge in [0, 0.05) is 0 Å². The predicted octanol–water partition coefficient (Wildman–Crippen LogP) is 9.19. The second-order valence-corrected chi connectivity index (χ2v) is 3.10. The van der Waals surface area contributed by atoms with Gasteiger partial charge in [0.25, 0.3) is 0 Å². The summed E-state index contributed by atoms with van der Waals surface area (Å²) in [5, 5.41) is 0. The minimum absolute atomic E-state index is 0.667. The molecular formula is C21H53F. The Balaban J connectivity index is -0.0000000177. The molecule has 0 aromatic heterocycles. The van der Waals surface area contributed by atoms with Crippen molar-refractivity contribution in [2.75, 3.05) is 0 Å². The van der Waals surface area contributed by atoms with E-state index in [1.54, 1.807) is 6.92 Å². The summed E-state index contributed by atoms with van der Waals surface area (Å²) in [6.07, 6.45) is 5.24. The third kappa shape index (κ3) is 3000. The molecule has 0 radical (unpaired) electrons. The van der Waals surface area contributed by atoms with Gasteiger partial charge in [-0.05, 0) is 26.7 Å². The van der Waals surface area contributed by atoms with Crippen LogP contribution in [0.4, 0.5) is 4.39 Å². The summed E-state index contributed by atoms with van der Waals surface area (Å²) in [5.74, 6) is 3.13. The van der Waals surface area contributed by atoms with Gasteiger partial charge in [-0.2, -0.15) is 0 Å². The van der Waals surface area contributed by atoms with E-state index in [0.29, 0.717) is 0 Å². The maximum atomic E-state index is 11.0. The van der Waals surface area contributed by atoms with Crippen LogP contribution < -0.4 is 0 Å². The van der Waals surface area contributed by atoms with Crippen LogP contribution in [-0.4, -0.2) is 6.17 Å². The van der Waals surface area contributed by atoms with Crippen LogP contribution in [0.15, 0.2) is 0 Å². The van der Waals surface area contributed by atoms with E-state index >= 15 is 0 Å². The van der Waals surface area contributed by atoms with Gasteiger partial charge < -0.3 is 0 Å². The van der Waals surface area contributed by atoms with Gasteiger partial charge in [0.2, 0.25) is 0 Å². The Morgan fingerprint density at radius 2 is 0.773 bits per heavy atom. The summed E-state index contributed by atoms with van der Waals surface area (Å²) in [6, 6.07) is 0. The Morgan fingerprint density at radius 3 is 0.773 bits per heavy atom. The van der Waals surface area contributed by atoms with Crippen molar-refractivity contribution in [1.82, 2.24) is 0 Å². The first kappa shape index (κ1) is 49.6. The summed E-state index contributed by atoms with van der Waals surface area (Å²) < 4.78 is 11.0. The molecule has 0 saturated carbocycles. The van der Waals surface area contributed by atoms with Gasteiger partial charge in [-0.15, -0.1) is 12.3 Å². The van der Waals surface area contributed by atoms with Gasteiger partial charge in [-0.3, -0.25) is 0 Å². The normalized spacial score (nSPS) is 5.55. The molecule has 0 N–H and O–H groups in total. The largest absolute Gasteiger partial charge is 0.248 e. The fourth-order valence-corrected chi connectivity index (χ4v) is 0. The summed E-state index contributed by atoms with van der Waals surface area (Å²) in [4.78, 5) is 0. The minimum Gasteiger partial charge on any atom is -0.248 e. The number of hydrogen-bond acceptors (Lipinski definition) is 0. The Kier molecular flexibility index (Phi) is 313. The molecule has 0 rings (SSSR count). The molecule has 0 nitrogen and oxygen atoms in total. The summed E-state index contributed by atoms with van der Waals surface area (Å²) in [7, 11) is 0. The van der Waals surface area contributed by atoms with Crippen molar-refractivity contribution in [3.8, 4) is 12.3 Å². The standard InChI is InChI=1S/C5H12.C3H7F.C3H4.5C2H6/c1-4-5(2)3;1-3(2)4;1-3-2;5*1-2/h5H,4H2,1-3H3;3H,1-2H3;1H,2H3;5*1-2H3. The monoisotopic (exact) mass is 324 g/mol. The lowest BCUT2D eigenvalue weighted by Gasteiger charge is -1.90. The lowest BCUT2D eigenvalue weighted by molar-refractivity contribution is 0.391. The average Bonchev–Trinajstić information content (AvgIpc) is 2.57. The zero-order chi connectivity index (χ0) is 20.6. The zero-order valence-corrected chi connectivity index (χ0v) is 19.3. The predicted molar refractivity (Wildman–Crippen MR) is 113 cm³/mol. The SMILES string of the molecule is C#CC.CC.CC.CC.CC.CC.CC(C)F.CCC(C)C. The molecule has 0 unspecified atom stereocenters. The molecule has 0 aliphatic rings. The quantitative estimate of drug-likeness (QED) is 0.422. The zero-order valence-electron chi connectivity index (χ0n) is 19.3. The molecule has 0 aliphatic heterocycles. The van der Waals surface area contributed by atoms with Gasteiger partial charge in [-0.25, -0.2) is 4.39 Å². The highest BCUT2D eigenvalue weighted by molar-refractivity contribution is 4.73. The van der Waals surface area contributed by atoms with E-state index in [0.717, 1.165) is 5.92 Å². The average molecular weight is 325 g/mol. The lowest BCUT2D eigenvalue weighted by atomic mass is 10.2. The summed E-state index contributed by atoms with van der Waals surface area (Å²) in [5.41, 5.74) is 0. The molecule has 0 atom stereocenters. The number of hydrogen-bond donors (Lipinski definition) is 0. The van der Waals surface area contributed by atoms with Crippen molar-refractivity contribution >= 4 is 0 Å². The van der Waals surface area contributed by atoms with E-state index in [4.69, 9.17) is 0 Å². The molecule has 0 bridgehead atoms. The van der Waals surface area contributed by atoms with Crippen LogP contribution in [0.25, 0.3) is 0 Å². The molecule has 0 spiro atoms. The van der Waals surface area contributed by atoms with E-state index in [2.05, 4.69) is 33.1 Å². The second kappa shape index (κ2) is 139. The molecule has 0 amide bonds. The molecule has 0 aromatic rings. The highest BCUT2D eigenvalue weighted by Crippen LogP contribution is 1.93. The fraction of sp³-hybridized carbons (Fsp3) is 0.905. The third-order valence-corrected chi connectivity index (χ3v) is 0.816. The molecule has 0 saturated heterocycles. The minimum atomic E-state index is -0.667. The first-order valence-electron chi connectivity index (χ1n) is 9.43. The van der Waals surface area contributed by atoms with E-state index in [1.165, 1.54) is 20.3 Å².